The molecule has 1 aromatic carbocycles. The summed E-state index contributed by atoms with van der Waals surface area (Å²) in [4.78, 5) is 35.7. The van der Waals surface area contributed by atoms with E-state index < -0.39 is 29.4 Å². The number of amides is 2. The first kappa shape index (κ1) is 25.9. The van der Waals surface area contributed by atoms with Gasteiger partial charge in [-0.1, -0.05) is 30.3 Å². The third-order valence-electron chi connectivity index (χ3n) is 6.25. The zero-order valence-electron chi connectivity index (χ0n) is 20.2. The summed E-state index contributed by atoms with van der Waals surface area (Å²) in [6, 6.07) is 12.2. The molecule has 3 aromatic rings. The van der Waals surface area contributed by atoms with Gasteiger partial charge in [-0.25, -0.2) is 4.98 Å². The summed E-state index contributed by atoms with van der Waals surface area (Å²) in [6.45, 7) is 0.506. The standard InChI is InChI=1S/C26H25F3N4O4/c1-36-21-13-17(14-31-24(21)37-2)25(35)33-12-10-20(18(15-33)16-7-4-3-5-8-16)32-23(34)22-19(26(27,28)29)9-6-11-30-22/h3-9,11,13-14,18,20H,10,12,15H2,1-2H3,(H,32,34)/t18-,20+/m1/s1. The van der Waals surface area contributed by atoms with Crippen molar-refractivity contribution in [2.45, 2.75) is 24.6 Å². The van der Waals surface area contributed by atoms with Crippen molar-refractivity contribution in [1.82, 2.24) is 20.2 Å². The lowest BCUT2D eigenvalue weighted by molar-refractivity contribution is -0.138. The van der Waals surface area contributed by atoms with Crippen LogP contribution in [0.2, 0.25) is 0 Å². The average Bonchev–Trinajstić information content (AvgIpc) is 2.92. The lowest BCUT2D eigenvalue weighted by atomic mass is 9.85. The Bertz CT molecular complexity index is 1270. The second-order valence-corrected chi connectivity index (χ2v) is 8.47. The lowest BCUT2D eigenvalue weighted by Gasteiger charge is -2.39. The number of benzene rings is 1. The molecule has 0 radical (unpaired) electrons. The minimum atomic E-state index is -4.72. The van der Waals surface area contributed by atoms with Crippen LogP contribution in [-0.2, 0) is 6.18 Å². The first-order valence-corrected chi connectivity index (χ1v) is 11.5. The maximum absolute atomic E-state index is 13.4. The summed E-state index contributed by atoms with van der Waals surface area (Å²) in [5, 5.41) is 2.74. The van der Waals surface area contributed by atoms with E-state index in [9.17, 15) is 22.8 Å². The van der Waals surface area contributed by atoms with Crippen LogP contribution >= 0.6 is 0 Å². The van der Waals surface area contributed by atoms with Crippen LogP contribution in [0.1, 0.15) is 44.3 Å². The van der Waals surface area contributed by atoms with Crippen LogP contribution in [0.5, 0.6) is 11.6 Å². The topological polar surface area (TPSA) is 93.7 Å². The van der Waals surface area contributed by atoms with Crippen LogP contribution in [0.4, 0.5) is 13.2 Å². The number of nitrogens with one attached hydrogen (secondary N) is 1. The number of carbonyl (C=O) groups is 2. The number of hydrogen-bond acceptors (Lipinski definition) is 6. The zero-order chi connectivity index (χ0) is 26.6. The Hall–Kier alpha value is -4.15. The summed E-state index contributed by atoms with van der Waals surface area (Å²) >= 11 is 0. The first-order chi connectivity index (χ1) is 17.7. The van der Waals surface area contributed by atoms with Gasteiger partial charge in [-0.2, -0.15) is 13.2 Å². The second kappa shape index (κ2) is 10.9. The molecule has 1 aliphatic rings. The van der Waals surface area contributed by atoms with E-state index in [4.69, 9.17) is 9.47 Å². The van der Waals surface area contributed by atoms with Gasteiger partial charge >= 0.3 is 6.18 Å². The quantitative estimate of drug-likeness (QED) is 0.536. The maximum Gasteiger partial charge on any atom is 0.418 e. The molecule has 37 heavy (non-hydrogen) atoms. The number of rotatable bonds is 6. The van der Waals surface area contributed by atoms with Crippen LogP contribution in [0.3, 0.4) is 0 Å². The smallest absolute Gasteiger partial charge is 0.418 e. The van der Waals surface area contributed by atoms with Gasteiger partial charge in [-0.15, -0.1) is 0 Å². The van der Waals surface area contributed by atoms with Crippen LogP contribution in [0, 0.1) is 0 Å². The van der Waals surface area contributed by atoms with E-state index in [1.807, 2.05) is 30.3 Å². The summed E-state index contributed by atoms with van der Waals surface area (Å²) in [5.74, 6) is -1.01. The number of pyridine rings is 2. The third-order valence-corrected chi connectivity index (χ3v) is 6.25. The molecular weight excluding hydrogens is 489 g/mol. The van der Waals surface area contributed by atoms with Crippen LogP contribution < -0.4 is 14.8 Å². The van der Waals surface area contributed by atoms with E-state index in [0.29, 0.717) is 17.7 Å². The van der Waals surface area contributed by atoms with Crippen molar-refractivity contribution in [1.29, 1.82) is 0 Å². The largest absolute Gasteiger partial charge is 0.491 e. The molecule has 1 saturated heterocycles. The molecule has 2 amide bonds. The van der Waals surface area contributed by atoms with Gasteiger partial charge in [-0.05, 0) is 24.1 Å². The molecule has 2 atom stereocenters. The minimum Gasteiger partial charge on any atom is -0.491 e. The summed E-state index contributed by atoms with van der Waals surface area (Å²) in [6.07, 6.45) is -1.85. The van der Waals surface area contributed by atoms with Gasteiger partial charge in [0.25, 0.3) is 17.7 Å². The number of nitrogens with zero attached hydrogens (tertiary/aromatic N) is 3. The molecule has 0 spiro atoms. The van der Waals surface area contributed by atoms with Gasteiger partial charge in [0.2, 0.25) is 0 Å². The Labute approximate surface area is 211 Å². The highest BCUT2D eigenvalue weighted by atomic mass is 19.4. The molecule has 2 aromatic heterocycles. The van der Waals surface area contributed by atoms with Crippen molar-refractivity contribution >= 4 is 11.8 Å². The van der Waals surface area contributed by atoms with Gasteiger partial charge in [0, 0.05) is 43.5 Å². The van der Waals surface area contributed by atoms with Crippen LogP contribution in [0.15, 0.2) is 60.9 Å². The number of aromatic nitrogens is 2. The van der Waals surface area contributed by atoms with E-state index in [-0.39, 0.29) is 30.8 Å². The molecule has 1 N–H and O–H groups in total. The van der Waals surface area contributed by atoms with Gasteiger partial charge in [0.15, 0.2) is 5.75 Å². The van der Waals surface area contributed by atoms with E-state index in [1.54, 1.807) is 11.0 Å². The fraction of sp³-hybridized carbons (Fsp3) is 0.308. The Morgan fingerprint density at radius 1 is 1.05 bits per heavy atom. The number of methoxy groups -OCH3 is 2. The Kier molecular flexibility index (Phi) is 7.61. The highest BCUT2D eigenvalue weighted by molar-refractivity contribution is 5.95. The number of carbonyl (C=O) groups excluding carboxylic acids is 2. The molecule has 194 valence electrons. The first-order valence-electron chi connectivity index (χ1n) is 11.5. The van der Waals surface area contributed by atoms with E-state index >= 15 is 0 Å². The van der Waals surface area contributed by atoms with Gasteiger partial charge in [-0.3, -0.25) is 14.6 Å². The van der Waals surface area contributed by atoms with Crippen molar-refractivity contribution < 1.29 is 32.2 Å². The fourth-order valence-electron chi connectivity index (χ4n) is 4.43. The Morgan fingerprint density at radius 2 is 1.81 bits per heavy atom. The highest BCUT2D eigenvalue weighted by Gasteiger charge is 2.38. The summed E-state index contributed by atoms with van der Waals surface area (Å²) in [5.41, 5.74) is -0.642. The molecule has 0 bridgehead atoms. The second-order valence-electron chi connectivity index (χ2n) is 8.47. The van der Waals surface area contributed by atoms with Crippen LogP contribution in [0.25, 0.3) is 0 Å². The number of alkyl halides is 3. The number of likely N-dealkylation sites (tertiary alicyclic amines) is 1. The van der Waals surface area contributed by atoms with E-state index in [0.717, 1.165) is 23.9 Å². The lowest BCUT2D eigenvalue weighted by Crippen LogP contribution is -2.51. The maximum atomic E-state index is 13.4. The Balaban J connectivity index is 1.58. The predicted octanol–water partition coefficient (Wildman–Crippen LogP) is 3.94. The molecule has 0 unspecified atom stereocenters. The Morgan fingerprint density at radius 3 is 2.49 bits per heavy atom. The fourth-order valence-corrected chi connectivity index (χ4v) is 4.43. The van der Waals surface area contributed by atoms with Gasteiger partial charge in [0.05, 0.1) is 25.3 Å². The zero-order valence-corrected chi connectivity index (χ0v) is 20.2. The molecule has 11 heteroatoms. The molecular formula is C26H25F3N4O4. The van der Waals surface area contributed by atoms with Crippen LogP contribution in [-0.4, -0.2) is 60.0 Å². The van der Waals surface area contributed by atoms with Crippen molar-refractivity contribution in [3.05, 3.63) is 83.3 Å². The third kappa shape index (κ3) is 5.65. The number of halogens is 3. The molecule has 1 aliphatic heterocycles. The monoisotopic (exact) mass is 514 g/mol. The van der Waals surface area contributed by atoms with Gasteiger partial charge in [0.1, 0.15) is 5.69 Å². The molecule has 0 aliphatic carbocycles. The molecule has 3 heterocycles. The summed E-state index contributed by atoms with van der Waals surface area (Å²) in [7, 11) is 2.89. The van der Waals surface area contributed by atoms with Crippen molar-refractivity contribution in [2.24, 2.45) is 0 Å². The summed E-state index contributed by atoms with van der Waals surface area (Å²) < 4.78 is 50.7. The minimum absolute atomic E-state index is 0.233. The number of ether oxygens (including phenoxy) is 2. The predicted molar refractivity (Wildman–Crippen MR) is 128 cm³/mol. The normalized spacial score (nSPS) is 17.7. The van der Waals surface area contributed by atoms with Gasteiger partial charge < -0.3 is 19.7 Å². The van der Waals surface area contributed by atoms with Crippen molar-refractivity contribution in [2.75, 3.05) is 27.3 Å². The van der Waals surface area contributed by atoms with Crippen molar-refractivity contribution in [3.63, 3.8) is 0 Å². The van der Waals surface area contributed by atoms with E-state index in [1.165, 1.54) is 20.4 Å². The van der Waals surface area contributed by atoms with Crippen molar-refractivity contribution in [3.8, 4) is 11.6 Å². The highest BCUT2D eigenvalue weighted by Crippen LogP contribution is 2.33. The molecule has 1 fully saturated rings. The average molecular weight is 515 g/mol. The van der Waals surface area contributed by atoms with E-state index in [2.05, 4.69) is 15.3 Å². The SMILES string of the molecule is COc1cc(C(=O)N2CC[C@H](NC(=O)c3ncccc3C(F)(F)F)[C@@H](c3ccccc3)C2)cnc1OC. The molecule has 0 saturated carbocycles. The molecule has 8 nitrogen and oxygen atoms in total. The molecule has 4 rings (SSSR count). The number of hydrogen-bond donors (Lipinski definition) is 1. The number of piperidine rings is 1.